The van der Waals surface area contributed by atoms with Gasteiger partial charge >= 0.3 is 39.5 Å². The molecule has 0 bridgehead atoms. The van der Waals surface area contributed by atoms with Gasteiger partial charge in [0.1, 0.15) is 19.3 Å². The lowest BCUT2D eigenvalue weighted by Gasteiger charge is -2.21. The fourth-order valence-electron chi connectivity index (χ4n) is 8.70. The lowest BCUT2D eigenvalue weighted by molar-refractivity contribution is -0.161. The SMILES string of the molecule is CCCCCCCCCCC(=O)OC[C@H](COP(=O)(O)OC[C@@H](O)COP(=O)(O)OC[C@@H](COC(=O)CCCCCCC)OC(=O)CCCCCCCCC)OC(=O)CCCCCCCCCCCCCCCCCC(C)C. The molecule has 462 valence electrons. The molecule has 0 aromatic rings. The normalized spacial score (nSPS) is 14.4. The number of rotatable bonds is 59. The van der Waals surface area contributed by atoms with Crippen LogP contribution in [0.4, 0.5) is 0 Å². The summed E-state index contributed by atoms with van der Waals surface area (Å²) in [4.78, 5) is 71.5. The maximum absolute atomic E-state index is 12.9. The quantitative estimate of drug-likeness (QED) is 0.0222. The van der Waals surface area contributed by atoms with Gasteiger partial charge in [-0.25, -0.2) is 9.13 Å². The number of hydrogen-bond acceptors (Lipinski definition) is 15. The van der Waals surface area contributed by atoms with Gasteiger partial charge in [-0.3, -0.25) is 37.3 Å². The smallest absolute Gasteiger partial charge is 0.462 e. The Balaban J connectivity index is 5.07. The molecule has 3 N–H and O–H groups in total. The molecule has 0 heterocycles. The van der Waals surface area contributed by atoms with Crippen molar-refractivity contribution in [2.45, 2.75) is 310 Å². The van der Waals surface area contributed by atoms with Crippen LogP contribution in [0.5, 0.6) is 0 Å². The van der Waals surface area contributed by atoms with E-state index in [9.17, 15) is 43.2 Å². The third-order valence-electron chi connectivity index (χ3n) is 13.5. The van der Waals surface area contributed by atoms with Crippen LogP contribution in [0.1, 0.15) is 291 Å². The van der Waals surface area contributed by atoms with E-state index in [2.05, 4.69) is 34.6 Å². The number of aliphatic hydroxyl groups is 1. The second-order valence-electron chi connectivity index (χ2n) is 21.9. The summed E-state index contributed by atoms with van der Waals surface area (Å²) in [5.41, 5.74) is 0. The summed E-state index contributed by atoms with van der Waals surface area (Å²) in [6.45, 7) is 7.02. The molecule has 0 aliphatic heterocycles. The van der Waals surface area contributed by atoms with Crippen LogP contribution in [0.2, 0.25) is 0 Å². The van der Waals surface area contributed by atoms with Gasteiger partial charge < -0.3 is 33.8 Å². The van der Waals surface area contributed by atoms with Gasteiger partial charge in [-0.15, -0.1) is 0 Å². The standard InChI is InChI=1S/C59H114O17P2/c1-6-9-12-15-17-29-33-38-43-57(62)70-49-55(76-59(64)45-40-35-30-26-24-22-20-18-19-21-23-25-28-32-36-41-52(4)5)51-74-78(67,68)72-47-53(60)46-71-77(65,66)73-50-54(48-69-56(61)42-37-31-14-11-8-3)75-58(63)44-39-34-27-16-13-10-7-2/h52-55,60H,6-51H2,1-5H3,(H,65,66)(H,67,68)/t53-,54+,55+/m0/s1. The lowest BCUT2D eigenvalue weighted by Crippen LogP contribution is -2.30. The second-order valence-corrected chi connectivity index (χ2v) is 24.8. The zero-order valence-corrected chi connectivity index (χ0v) is 51.6. The van der Waals surface area contributed by atoms with Gasteiger partial charge in [0, 0.05) is 25.7 Å². The number of ether oxygens (including phenoxy) is 4. The van der Waals surface area contributed by atoms with Crippen molar-refractivity contribution in [2.24, 2.45) is 5.92 Å². The Morgan fingerprint density at radius 2 is 0.590 bits per heavy atom. The third-order valence-corrected chi connectivity index (χ3v) is 15.4. The van der Waals surface area contributed by atoms with Gasteiger partial charge in [0.15, 0.2) is 12.2 Å². The molecular weight excluding hydrogens is 1040 g/mol. The first-order chi connectivity index (χ1) is 37.5. The van der Waals surface area contributed by atoms with Crippen LogP contribution in [0.3, 0.4) is 0 Å². The summed E-state index contributed by atoms with van der Waals surface area (Å²) < 4.78 is 67.4. The average Bonchev–Trinajstić information content (AvgIpc) is 3.40. The maximum Gasteiger partial charge on any atom is 0.472 e. The van der Waals surface area contributed by atoms with Gasteiger partial charge in [-0.1, -0.05) is 240 Å². The average molecular weight is 1160 g/mol. The molecule has 17 nitrogen and oxygen atoms in total. The second kappa shape index (κ2) is 53.1. The highest BCUT2D eigenvalue weighted by Gasteiger charge is 2.30. The molecule has 78 heavy (non-hydrogen) atoms. The number of phosphoric acid groups is 2. The lowest BCUT2D eigenvalue weighted by atomic mass is 10.0. The molecule has 0 aromatic heterocycles. The molecule has 0 amide bonds. The summed E-state index contributed by atoms with van der Waals surface area (Å²) in [7, 11) is -9.86. The van der Waals surface area contributed by atoms with Gasteiger partial charge in [0.05, 0.1) is 26.4 Å². The minimum atomic E-state index is -4.93. The van der Waals surface area contributed by atoms with E-state index in [-0.39, 0.29) is 25.7 Å². The first-order valence-electron chi connectivity index (χ1n) is 31.1. The van der Waals surface area contributed by atoms with Crippen LogP contribution in [-0.4, -0.2) is 96.7 Å². The Morgan fingerprint density at radius 1 is 0.346 bits per heavy atom. The first kappa shape index (κ1) is 76.1. The van der Waals surface area contributed by atoms with E-state index < -0.39 is 97.5 Å². The van der Waals surface area contributed by atoms with E-state index in [1.807, 2.05) is 0 Å². The molecule has 0 aromatic carbocycles. The number of phosphoric ester groups is 2. The molecule has 0 radical (unpaired) electrons. The number of carbonyl (C=O) groups is 4. The van der Waals surface area contributed by atoms with Crippen LogP contribution in [0.15, 0.2) is 0 Å². The Kier molecular flexibility index (Phi) is 51.8. The van der Waals surface area contributed by atoms with Crippen LogP contribution in [0.25, 0.3) is 0 Å². The van der Waals surface area contributed by atoms with Gasteiger partial charge in [-0.05, 0) is 31.6 Å². The van der Waals surface area contributed by atoms with E-state index in [0.717, 1.165) is 121 Å². The first-order valence-corrected chi connectivity index (χ1v) is 34.1. The van der Waals surface area contributed by atoms with Crippen molar-refractivity contribution in [2.75, 3.05) is 39.6 Å². The highest BCUT2D eigenvalue weighted by molar-refractivity contribution is 7.47. The molecule has 2 unspecified atom stereocenters. The Morgan fingerprint density at radius 3 is 0.872 bits per heavy atom. The number of aliphatic hydroxyl groups excluding tert-OH is 1. The molecule has 0 rings (SSSR count). The van der Waals surface area contributed by atoms with Gasteiger partial charge in [-0.2, -0.15) is 0 Å². The van der Waals surface area contributed by atoms with Crippen molar-refractivity contribution in [3.8, 4) is 0 Å². The van der Waals surface area contributed by atoms with Crippen LogP contribution >= 0.6 is 15.6 Å². The Labute approximate surface area is 473 Å². The van der Waals surface area contributed by atoms with Crippen molar-refractivity contribution >= 4 is 39.5 Å². The summed E-state index contributed by atoms with van der Waals surface area (Å²) in [6.07, 6.45) is 35.4. The molecule has 0 aliphatic carbocycles. The Bertz CT molecular complexity index is 1530. The van der Waals surface area contributed by atoms with Gasteiger partial charge in [0.25, 0.3) is 0 Å². The molecule has 19 heteroatoms. The van der Waals surface area contributed by atoms with Crippen molar-refractivity contribution in [3.05, 3.63) is 0 Å². The fraction of sp³-hybridized carbons (Fsp3) is 0.932. The summed E-state index contributed by atoms with van der Waals surface area (Å²) in [6, 6.07) is 0. The largest absolute Gasteiger partial charge is 0.472 e. The third kappa shape index (κ3) is 53.4. The summed E-state index contributed by atoms with van der Waals surface area (Å²) in [5, 5.41) is 10.5. The van der Waals surface area contributed by atoms with E-state index in [1.54, 1.807) is 0 Å². The summed E-state index contributed by atoms with van der Waals surface area (Å²) in [5.74, 6) is -1.36. The number of unbranched alkanes of at least 4 members (excludes halogenated alkanes) is 31. The highest BCUT2D eigenvalue weighted by atomic mass is 31.2. The predicted molar refractivity (Wildman–Crippen MR) is 308 cm³/mol. The van der Waals surface area contributed by atoms with Crippen molar-refractivity contribution in [1.29, 1.82) is 0 Å². The minimum absolute atomic E-state index is 0.103. The number of esters is 4. The minimum Gasteiger partial charge on any atom is -0.462 e. The molecule has 0 saturated carbocycles. The van der Waals surface area contributed by atoms with Crippen LogP contribution in [0, 0.1) is 5.92 Å². The van der Waals surface area contributed by atoms with E-state index in [4.69, 9.17) is 37.0 Å². The maximum atomic E-state index is 12.9. The topological polar surface area (TPSA) is 237 Å². The Hall–Kier alpha value is -1.94. The van der Waals surface area contributed by atoms with Crippen molar-refractivity contribution in [3.63, 3.8) is 0 Å². The van der Waals surface area contributed by atoms with Crippen molar-refractivity contribution in [1.82, 2.24) is 0 Å². The molecule has 5 atom stereocenters. The molecule has 0 fully saturated rings. The molecule has 0 spiro atoms. The summed E-state index contributed by atoms with van der Waals surface area (Å²) >= 11 is 0. The van der Waals surface area contributed by atoms with E-state index >= 15 is 0 Å². The predicted octanol–water partition coefficient (Wildman–Crippen LogP) is 15.8. The fourth-order valence-corrected chi connectivity index (χ4v) is 10.3. The van der Waals surface area contributed by atoms with Crippen molar-refractivity contribution < 1.29 is 80.2 Å². The van der Waals surface area contributed by atoms with E-state index in [0.29, 0.717) is 25.7 Å². The molecule has 0 aliphatic rings. The van der Waals surface area contributed by atoms with Crippen LogP contribution in [-0.2, 0) is 65.4 Å². The number of carbonyl (C=O) groups excluding carboxylic acids is 4. The highest BCUT2D eigenvalue weighted by Crippen LogP contribution is 2.45. The van der Waals surface area contributed by atoms with E-state index in [1.165, 1.54) is 89.9 Å². The number of hydrogen-bond donors (Lipinski definition) is 3. The monoisotopic (exact) mass is 1160 g/mol. The zero-order chi connectivity index (χ0) is 57.8. The van der Waals surface area contributed by atoms with Crippen LogP contribution < -0.4 is 0 Å². The molecule has 0 saturated heterocycles. The zero-order valence-electron chi connectivity index (χ0n) is 49.8. The molecular formula is C59H114O17P2. The van der Waals surface area contributed by atoms with Gasteiger partial charge in [0.2, 0.25) is 0 Å².